The first-order valence-corrected chi connectivity index (χ1v) is 5.34. The average molecular weight is 245 g/mol. The lowest BCUT2D eigenvalue weighted by Crippen LogP contribution is -2.39. The fourth-order valence-electron chi connectivity index (χ4n) is 2.15. The molecule has 1 heterocycles. The van der Waals surface area contributed by atoms with Gasteiger partial charge in [-0.25, -0.2) is 0 Å². The van der Waals surface area contributed by atoms with Crippen molar-refractivity contribution in [2.24, 2.45) is 11.7 Å². The number of nitrogens with one attached hydrogen (secondary N) is 1. The fourth-order valence-corrected chi connectivity index (χ4v) is 2.15. The van der Waals surface area contributed by atoms with E-state index in [1.54, 1.807) is 6.07 Å². The Balaban J connectivity index is 0.00000128. The van der Waals surface area contributed by atoms with E-state index < -0.39 is 0 Å². The highest BCUT2D eigenvalue weighted by molar-refractivity contribution is 5.93. The van der Waals surface area contributed by atoms with Gasteiger partial charge in [-0.15, -0.1) is 12.4 Å². The molecule has 4 nitrogen and oxygen atoms in total. The molecule has 2 atom stereocenters. The standard InChI is InChI=1S/C11H16N2O2.ClH/c12-6-8-2-1-3-10(8)13-11(14)9-4-5-15-7-9;/h4-5,7-8,10H,1-3,6,12H2,(H,13,14);1H. The first kappa shape index (κ1) is 13.1. The van der Waals surface area contributed by atoms with Crippen molar-refractivity contribution in [3.8, 4) is 0 Å². The largest absolute Gasteiger partial charge is 0.472 e. The van der Waals surface area contributed by atoms with Gasteiger partial charge in [0.25, 0.3) is 5.91 Å². The minimum Gasteiger partial charge on any atom is -0.472 e. The molecule has 1 aliphatic rings. The van der Waals surface area contributed by atoms with E-state index in [2.05, 4.69) is 5.32 Å². The highest BCUT2D eigenvalue weighted by atomic mass is 35.5. The summed E-state index contributed by atoms with van der Waals surface area (Å²) in [4.78, 5) is 11.7. The second kappa shape index (κ2) is 5.92. The van der Waals surface area contributed by atoms with E-state index in [0.717, 1.165) is 19.3 Å². The number of rotatable bonds is 3. The number of amides is 1. The van der Waals surface area contributed by atoms with Gasteiger partial charge in [0.15, 0.2) is 0 Å². The SMILES string of the molecule is Cl.NCC1CCCC1NC(=O)c1ccoc1. The molecule has 5 heteroatoms. The minimum absolute atomic E-state index is 0. The van der Waals surface area contributed by atoms with Crippen molar-refractivity contribution in [2.45, 2.75) is 25.3 Å². The maximum Gasteiger partial charge on any atom is 0.254 e. The fraction of sp³-hybridized carbons (Fsp3) is 0.545. The van der Waals surface area contributed by atoms with Crippen molar-refractivity contribution >= 4 is 18.3 Å². The van der Waals surface area contributed by atoms with Crippen molar-refractivity contribution < 1.29 is 9.21 Å². The van der Waals surface area contributed by atoms with Crippen molar-refractivity contribution in [1.82, 2.24) is 5.32 Å². The van der Waals surface area contributed by atoms with Crippen LogP contribution in [0.5, 0.6) is 0 Å². The van der Waals surface area contributed by atoms with Gasteiger partial charge in [0.1, 0.15) is 6.26 Å². The molecule has 0 radical (unpaired) electrons. The Morgan fingerprint density at radius 2 is 2.38 bits per heavy atom. The van der Waals surface area contributed by atoms with Crippen LogP contribution in [0.2, 0.25) is 0 Å². The Kier molecular flexibility index (Phi) is 4.83. The normalized spacial score (nSPS) is 23.8. The number of hydrogen-bond donors (Lipinski definition) is 2. The van der Waals surface area contributed by atoms with E-state index in [1.165, 1.54) is 12.5 Å². The third-order valence-corrected chi connectivity index (χ3v) is 3.06. The molecule has 2 unspecified atom stereocenters. The molecule has 1 aliphatic carbocycles. The highest BCUT2D eigenvalue weighted by Gasteiger charge is 2.27. The first-order valence-electron chi connectivity index (χ1n) is 5.34. The molecule has 16 heavy (non-hydrogen) atoms. The number of carbonyl (C=O) groups excluding carboxylic acids is 1. The summed E-state index contributed by atoms with van der Waals surface area (Å²) >= 11 is 0. The molecule has 2 rings (SSSR count). The lowest BCUT2D eigenvalue weighted by molar-refractivity contribution is 0.0928. The van der Waals surface area contributed by atoms with Crippen molar-refractivity contribution in [2.75, 3.05) is 6.54 Å². The van der Waals surface area contributed by atoms with Crippen LogP contribution in [0, 0.1) is 5.92 Å². The van der Waals surface area contributed by atoms with Crippen LogP contribution >= 0.6 is 12.4 Å². The van der Waals surface area contributed by atoms with E-state index in [4.69, 9.17) is 10.2 Å². The number of nitrogens with two attached hydrogens (primary N) is 1. The topological polar surface area (TPSA) is 68.3 Å². The molecular formula is C11H17ClN2O2. The van der Waals surface area contributed by atoms with Gasteiger partial charge in [-0.05, 0) is 31.4 Å². The molecule has 0 spiro atoms. The van der Waals surface area contributed by atoms with Crippen LogP contribution in [-0.4, -0.2) is 18.5 Å². The second-order valence-electron chi connectivity index (χ2n) is 4.02. The summed E-state index contributed by atoms with van der Waals surface area (Å²) < 4.78 is 4.87. The van der Waals surface area contributed by atoms with Crippen molar-refractivity contribution in [3.05, 3.63) is 24.2 Å². The number of halogens is 1. The lowest BCUT2D eigenvalue weighted by Gasteiger charge is -2.18. The predicted octanol–water partition coefficient (Wildman–Crippen LogP) is 1.56. The zero-order chi connectivity index (χ0) is 10.7. The Morgan fingerprint density at radius 3 is 3.00 bits per heavy atom. The Labute approximate surface area is 101 Å². The van der Waals surface area contributed by atoms with E-state index in [9.17, 15) is 4.79 Å². The zero-order valence-electron chi connectivity index (χ0n) is 9.02. The van der Waals surface area contributed by atoms with E-state index in [1.807, 2.05) is 0 Å². The van der Waals surface area contributed by atoms with Crippen LogP contribution in [-0.2, 0) is 0 Å². The molecule has 1 fully saturated rings. The average Bonchev–Trinajstić information content (AvgIpc) is 2.87. The molecule has 0 aromatic carbocycles. The second-order valence-corrected chi connectivity index (χ2v) is 4.02. The van der Waals surface area contributed by atoms with E-state index in [-0.39, 0.29) is 24.4 Å². The maximum atomic E-state index is 11.7. The molecule has 0 saturated heterocycles. The van der Waals surface area contributed by atoms with Crippen LogP contribution in [0.4, 0.5) is 0 Å². The molecule has 0 aliphatic heterocycles. The predicted molar refractivity (Wildman–Crippen MR) is 63.6 cm³/mol. The van der Waals surface area contributed by atoms with Gasteiger partial charge in [0.05, 0.1) is 11.8 Å². The molecular weight excluding hydrogens is 228 g/mol. The van der Waals surface area contributed by atoms with Gasteiger partial charge in [-0.1, -0.05) is 6.42 Å². The summed E-state index contributed by atoms with van der Waals surface area (Å²) in [5.41, 5.74) is 6.23. The van der Waals surface area contributed by atoms with Gasteiger partial charge in [0.2, 0.25) is 0 Å². The summed E-state index contributed by atoms with van der Waals surface area (Å²) in [6, 6.07) is 1.90. The van der Waals surface area contributed by atoms with Crippen LogP contribution in [0.25, 0.3) is 0 Å². The molecule has 1 aromatic rings. The molecule has 0 bridgehead atoms. The zero-order valence-corrected chi connectivity index (χ0v) is 9.83. The third-order valence-electron chi connectivity index (χ3n) is 3.06. The third kappa shape index (κ3) is 2.77. The minimum atomic E-state index is -0.0610. The van der Waals surface area contributed by atoms with Crippen molar-refractivity contribution in [1.29, 1.82) is 0 Å². The smallest absolute Gasteiger partial charge is 0.254 e. The van der Waals surface area contributed by atoms with Gasteiger partial charge < -0.3 is 15.5 Å². The monoisotopic (exact) mass is 244 g/mol. The van der Waals surface area contributed by atoms with Crippen LogP contribution in [0.15, 0.2) is 23.0 Å². The van der Waals surface area contributed by atoms with Gasteiger partial charge in [-0.2, -0.15) is 0 Å². The molecule has 1 aromatic heterocycles. The summed E-state index contributed by atoms with van der Waals surface area (Å²) in [5.74, 6) is 0.370. The van der Waals surface area contributed by atoms with Crippen LogP contribution in [0.3, 0.4) is 0 Å². The van der Waals surface area contributed by atoms with Gasteiger partial charge >= 0.3 is 0 Å². The molecule has 1 amide bonds. The van der Waals surface area contributed by atoms with E-state index >= 15 is 0 Å². The maximum absolute atomic E-state index is 11.7. The van der Waals surface area contributed by atoms with E-state index in [0.29, 0.717) is 18.0 Å². The number of furan rings is 1. The summed E-state index contributed by atoms with van der Waals surface area (Å²) in [6.07, 6.45) is 6.27. The number of carbonyl (C=O) groups is 1. The lowest BCUT2D eigenvalue weighted by atomic mass is 10.0. The summed E-state index contributed by atoms with van der Waals surface area (Å²) in [5, 5.41) is 3.00. The van der Waals surface area contributed by atoms with Gasteiger partial charge in [0, 0.05) is 6.04 Å². The van der Waals surface area contributed by atoms with Crippen LogP contribution < -0.4 is 11.1 Å². The number of hydrogen-bond acceptors (Lipinski definition) is 3. The van der Waals surface area contributed by atoms with Crippen LogP contribution in [0.1, 0.15) is 29.6 Å². The Morgan fingerprint density at radius 1 is 1.56 bits per heavy atom. The Bertz CT molecular complexity index is 327. The molecule has 90 valence electrons. The quantitative estimate of drug-likeness (QED) is 0.848. The van der Waals surface area contributed by atoms with Crippen molar-refractivity contribution in [3.63, 3.8) is 0 Å². The molecule has 1 saturated carbocycles. The first-order chi connectivity index (χ1) is 7.31. The van der Waals surface area contributed by atoms with Gasteiger partial charge in [-0.3, -0.25) is 4.79 Å². The summed E-state index contributed by atoms with van der Waals surface area (Å²) in [7, 11) is 0. The molecule has 3 N–H and O–H groups in total. The highest BCUT2D eigenvalue weighted by Crippen LogP contribution is 2.24. The summed E-state index contributed by atoms with van der Waals surface area (Å²) in [6.45, 7) is 0.649. The Hall–Kier alpha value is -1.00.